The number of amides is 3. The highest BCUT2D eigenvalue weighted by atomic mass is 32.1. The van der Waals surface area contributed by atoms with Crippen LogP contribution in [0.2, 0.25) is 0 Å². The predicted octanol–water partition coefficient (Wildman–Crippen LogP) is 1.59. The molecule has 2 heterocycles. The number of nitrogens with one attached hydrogen (secondary N) is 1. The molecule has 1 atom stereocenters. The van der Waals surface area contributed by atoms with E-state index in [-0.39, 0.29) is 30.2 Å². The third kappa shape index (κ3) is 4.52. The molecule has 3 N–H and O–H groups in total. The van der Waals surface area contributed by atoms with Crippen molar-refractivity contribution in [3.8, 4) is 0 Å². The zero-order valence-electron chi connectivity index (χ0n) is 16.1. The van der Waals surface area contributed by atoms with Gasteiger partial charge >= 0.3 is 5.97 Å². The number of anilines is 1. The number of nitrogens with zero attached hydrogens (tertiary/aromatic N) is 1. The first kappa shape index (κ1) is 20.3. The fraction of sp³-hybridized carbons (Fsp3) is 0.579. The lowest BCUT2D eigenvalue weighted by Crippen LogP contribution is -2.45. The Morgan fingerprint density at radius 2 is 1.89 bits per heavy atom. The third-order valence-electron chi connectivity index (χ3n) is 5.28. The smallest absolute Gasteiger partial charge is 0.341 e. The van der Waals surface area contributed by atoms with Crippen LogP contribution in [0.5, 0.6) is 0 Å². The van der Waals surface area contributed by atoms with Gasteiger partial charge in [0.25, 0.3) is 5.91 Å². The van der Waals surface area contributed by atoms with E-state index in [0.29, 0.717) is 30.0 Å². The standard InChI is InChI=1S/C19H25N3O5S/c1-10-11(2)28-18(21-17(25)12-5-6-12)15(10)19(26)27-9-14(23)22-7-3-4-13(8-22)16(20)24/h12-13H,3-9H2,1-2H3,(H2,20,24)(H,21,25)/t13-/m0/s1. The summed E-state index contributed by atoms with van der Waals surface area (Å²) >= 11 is 1.33. The minimum atomic E-state index is -0.634. The van der Waals surface area contributed by atoms with Gasteiger partial charge in [-0.25, -0.2) is 4.79 Å². The molecule has 1 aliphatic heterocycles. The van der Waals surface area contributed by atoms with Crippen molar-refractivity contribution in [3.05, 3.63) is 16.0 Å². The molecule has 0 spiro atoms. The van der Waals surface area contributed by atoms with Gasteiger partial charge in [0.2, 0.25) is 11.8 Å². The molecule has 1 aromatic heterocycles. The maximum atomic E-state index is 12.6. The van der Waals surface area contributed by atoms with Crippen LogP contribution in [0.4, 0.5) is 5.00 Å². The van der Waals surface area contributed by atoms with Crippen LogP contribution in [0.1, 0.15) is 46.5 Å². The number of piperidine rings is 1. The number of rotatable bonds is 6. The first-order valence-corrected chi connectivity index (χ1v) is 10.2. The van der Waals surface area contributed by atoms with Crippen LogP contribution in [0.3, 0.4) is 0 Å². The number of carbonyl (C=O) groups is 4. The molecule has 0 aromatic carbocycles. The molecule has 3 amide bonds. The lowest BCUT2D eigenvalue weighted by atomic mass is 9.97. The SMILES string of the molecule is Cc1sc(NC(=O)C2CC2)c(C(=O)OCC(=O)N2CCC[C@H](C(N)=O)C2)c1C. The van der Waals surface area contributed by atoms with Gasteiger partial charge in [-0.2, -0.15) is 0 Å². The molecule has 2 aliphatic rings. The maximum absolute atomic E-state index is 12.6. The summed E-state index contributed by atoms with van der Waals surface area (Å²) in [4.78, 5) is 50.8. The highest BCUT2D eigenvalue weighted by Crippen LogP contribution is 2.36. The van der Waals surface area contributed by atoms with Crippen LogP contribution in [-0.4, -0.2) is 48.3 Å². The number of aryl methyl sites for hydroxylation is 1. The van der Waals surface area contributed by atoms with Crippen molar-refractivity contribution in [1.29, 1.82) is 0 Å². The van der Waals surface area contributed by atoms with E-state index in [2.05, 4.69) is 5.32 Å². The summed E-state index contributed by atoms with van der Waals surface area (Å²) in [5.74, 6) is -1.84. The van der Waals surface area contributed by atoms with E-state index in [1.807, 2.05) is 6.92 Å². The molecule has 1 saturated heterocycles. The Bertz CT molecular complexity index is 815. The summed E-state index contributed by atoms with van der Waals surface area (Å²) < 4.78 is 5.24. The van der Waals surface area contributed by atoms with Gasteiger partial charge in [0, 0.05) is 23.9 Å². The van der Waals surface area contributed by atoms with Gasteiger partial charge in [-0.05, 0) is 45.1 Å². The van der Waals surface area contributed by atoms with Crippen LogP contribution >= 0.6 is 11.3 Å². The molecule has 1 aromatic rings. The second-order valence-corrected chi connectivity index (χ2v) is 8.63. The van der Waals surface area contributed by atoms with Crippen LogP contribution < -0.4 is 11.1 Å². The molecule has 2 fully saturated rings. The summed E-state index contributed by atoms with van der Waals surface area (Å²) in [6.45, 7) is 4.02. The van der Waals surface area contributed by atoms with E-state index in [1.165, 1.54) is 16.2 Å². The van der Waals surface area contributed by atoms with Gasteiger partial charge in [0.15, 0.2) is 6.61 Å². The number of likely N-dealkylation sites (tertiary alicyclic amines) is 1. The number of hydrogen-bond donors (Lipinski definition) is 2. The summed E-state index contributed by atoms with van der Waals surface area (Å²) in [7, 11) is 0. The highest BCUT2D eigenvalue weighted by Gasteiger charge is 2.32. The first-order valence-electron chi connectivity index (χ1n) is 9.43. The summed E-state index contributed by atoms with van der Waals surface area (Å²) in [5, 5.41) is 3.28. The molecule has 0 radical (unpaired) electrons. The molecule has 9 heteroatoms. The Morgan fingerprint density at radius 3 is 2.54 bits per heavy atom. The summed E-state index contributed by atoms with van der Waals surface area (Å²) in [5.41, 5.74) is 6.37. The maximum Gasteiger partial charge on any atom is 0.341 e. The molecule has 0 unspecified atom stereocenters. The average molecular weight is 407 g/mol. The second-order valence-electron chi connectivity index (χ2n) is 7.41. The normalized spacial score (nSPS) is 19.2. The van der Waals surface area contributed by atoms with E-state index >= 15 is 0 Å². The van der Waals surface area contributed by atoms with Crippen LogP contribution in [0.25, 0.3) is 0 Å². The van der Waals surface area contributed by atoms with Gasteiger partial charge < -0.3 is 20.7 Å². The Hall–Kier alpha value is -2.42. The van der Waals surface area contributed by atoms with Crippen molar-refractivity contribution < 1.29 is 23.9 Å². The average Bonchev–Trinajstić information content (AvgIpc) is 3.47. The monoisotopic (exact) mass is 407 g/mol. The molecular weight excluding hydrogens is 382 g/mol. The van der Waals surface area contributed by atoms with E-state index < -0.39 is 18.5 Å². The number of nitrogens with two attached hydrogens (primary N) is 1. The zero-order valence-corrected chi connectivity index (χ0v) is 16.9. The zero-order chi connectivity index (χ0) is 20.4. The Labute approximate surface area is 167 Å². The van der Waals surface area contributed by atoms with Crippen molar-refractivity contribution in [3.63, 3.8) is 0 Å². The van der Waals surface area contributed by atoms with Crippen LogP contribution in [0.15, 0.2) is 0 Å². The van der Waals surface area contributed by atoms with E-state index in [1.54, 1.807) is 6.92 Å². The number of thiophene rings is 1. The fourth-order valence-electron chi connectivity index (χ4n) is 3.25. The van der Waals surface area contributed by atoms with Gasteiger partial charge in [-0.3, -0.25) is 14.4 Å². The van der Waals surface area contributed by atoms with Crippen molar-refractivity contribution in [2.75, 3.05) is 25.0 Å². The van der Waals surface area contributed by atoms with Crippen molar-refractivity contribution in [2.24, 2.45) is 17.6 Å². The second kappa shape index (κ2) is 8.30. The Balaban J connectivity index is 1.62. The lowest BCUT2D eigenvalue weighted by molar-refractivity contribution is -0.137. The van der Waals surface area contributed by atoms with Gasteiger partial charge in [0.05, 0.1) is 11.5 Å². The number of hydrogen-bond acceptors (Lipinski definition) is 6. The van der Waals surface area contributed by atoms with Crippen LogP contribution in [-0.2, 0) is 19.1 Å². The molecule has 0 bridgehead atoms. The number of carbonyl (C=O) groups excluding carboxylic acids is 4. The molecule has 1 aliphatic carbocycles. The number of ether oxygens (including phenoxy) is 1. The van der Waals surface area contributed by atoms with Crippen LogP contribution in [0, 0.1) is 25.7 Å². The molecule has 152 valence electrons. The van der Waals surface area contributed by atoms with Crippen molar-refractivity contribution in [1.82, 2.24) is 4.90 Å². The number of esters is 1. The molecule has 28 heavy (non-hydrogen) atoms. The number of primary amides is 1. The lowest BCUT2D eigenvalue weighted by Gasteiger charge is -2.31. The van der Waals surface area contributed by atoms with Crippen molar-refractivity contribution in [2.45, 2.75) is 39.5 Å². The highest BCUT2D eigenvalue weighted by molar-refractivity contribution is 7.16. The molecule has 8 nitrogen and oxygen atoms in total. The van der Waals surface area contributed by atoms with Gasteiger partial charge in [-0.15, -0.1) is 11.3 Å². The predicted molar refractivity (Wildman–Crippen MR) is 104 cm³/mol. The summed E-state index contributed by atoms with van der Waals surface area (Å²) in [6, 6.07) is 0. The van der Waals surface area contributed by atoms with Gasteiger partial charge in [0.1, 0.15) is 5.00 Å². The van der Waals surface area contributed by atoms with E-state index in [0.717, 1.165) is 23.3 Å². The molecule has 1 saturated carbocycles. The molecule has 3 rings (SSSR count). The Morgan fingerprint density at radius 1 is 1.18 bits per heavy atom. The minimum absolute atomic E-state index is 0.0189. The topological polar surface area (TPSA) is 119 Å². The summed E-state index contributed by atoms with van der Waals surface area (Å²) in [6.07, 6.45) is 3.08. The van der Waals surface area contributed by atoms with Crippen molar-refractivity contribution >= 4 is 40.0 Å². The fourth-order valence-corrected chi connectivity index (χ4v) is 4.30. The quantitative estimate of drug-likeness (QED) is 0.694. The Kier molecular flexibility index (Phi) is 6.02. The van der Waals surface area contributed by atoms with E-state index in [9.17, 15) is 19.2 Å². The minimum Gasteiger partial charge on any atom is -0.452 e. The van der Waals surface area contributed by atoms with E-state index in [4.69, 9.17) is 10.5 Å². The molecular formula is C19H25N3O5S. The third-order valence-corrected chi connectivity index (χ3v) is 6.40. The largest absolute Gasteiger partial charge is 0.452 e. The van der Waals surface area contributed by atoms with Gasteiger partial charge in [-0.1, -0.05) is 0 Å². The first-order chi connectivity index (χ1) is 13.3.